The highest BCUT2D eigenvalue weighted by Crippen LogP contribution is 2.38. The smallest absolute Gasteiger partial charge is 0.137 e. The minimum absolute atomic E-state index is 0.118. The van der Waals surface area contributed by atoms with Crippen molar-refractivity contribution in [2.75, 3.05) is 13.6 Å². The lowest BCUT2D eigenvalue weighted by Gasteiger charge is -2.33. The van der Waals surface area contributed by atoms with Gasteiger partial charge in [-0.1, -0.05) is 12.1 Å². The lowest BCUT2D eigenvalue weighted by Crippen LogP contribution is -2.31. The Bertz CT molecular complexity index is 1120. The molecule has 4 nitrogen and oxygen atoms in total. The highest BCUT2D eigenvalue weighted by atomic mass is 19.1. The quantitative estimate of drug-likeness (QED) is 0.524. The van der Waals surface area contributed by atoms with E-state index in [4.69, 9.17) is 4.42 Å². The molecule has 27 heavy (non-hydrogen) atoms. The molecular formula is C22H18FN3O. The summed E-state index contributed by atoms with van der Waals surface area (Å²) in [5, 5.41) is 1.07. The average molecular weight is 359 g/mol. The van der Waals surface area contributed by atoms with Gasteiger partial charge in [-0.25, -0.2) is 14.4 Å². The van der Waals surface area contributed by atoms with Gasteiger partial charge in [-0.15, -0.1) is 0 Å². The van der Waals surface area contributed by atoms with Crippen LogP contribution in [-0.2, 0) is 6.54 Å². The first-order chi connectivity index (χ1) is 13.2. The summed E-state index contributed by atoms with van der Waals surface area (Å²) in [4.78, 5) is 10.3. The van der Waals surface area contributed by atoms with Gasteiger partial charge in [-0.05, 0) is 48.5 Å². The first-order valence-corrected chi connectivity index (χ1v) is 8.94. The molecule has 5 heteroatoms. The van der Waals surface area contributed by atoms with Gasteiger partial charge in [0, 0.05) is 41.7 Å². The lowest BCUT2D eigenvalue weighted by molar-refractivity contribution is 0.289. The Morgan fingerprint density at radius 3 is 2.93 bits per heavy atom. The summed E-state index contributed by atoms with van der Waals surface area (Å²) in [5.74, 6) is -0.0702. The van der Waals surface area contributed by atoms with Crippen LogP contribution in [0, 0.1) is 5.82 Å². The van der Waals surface area contributed by atoms with Crippen molar-refractivity contribution in [2.45, 2.75) is 12.5 Å². The topological polar surface area (TPSA) is 42.2 Å². The molecule has 0 amide bonds. The van der Waals surface area contributed by atoms with E-state index in [9.17, 15) is 0 Å². The zero-order valence-electron chi connectivity index (χ0n) is 14.9. The maximum Gasteiger partial charge on any atom is 0.137 e. The molecule has 0 bridgehead atoms. The highest BCUT2D eigenvalue weighted by molar-refractivity contribution is 5.78. The number of hydrogen-bond acceptors (Lipinski definition) is 4. The van der Waals surface area contributed by atoms with E-state index in [1.54, 1.807) is 18.5 Å². The molecule has 0 saturated heterocycles. The SMILES string of the molecule is CN1Cc2c(ccc(-c3ccncn3)c2F)C(c2ccc3occc3c2)C1. The van der Waals surface area contributed by atoms with Gasteiger partial charge in [0.15, 0.2) is 0 Å². The molecule has 134 valence electrons. The number of benzene rings is 2. The molecule has 0 aliphatic carbocycles. The first kappa shape index (κ1) is 16.1. The lowest BCUT2D eigenvalue weighted by atomic mass is 9.83. The molecule has 2 aromatic heterocycles. The number of rotatable bonds is 2. The molecule has 1 aliphatic rings. The summed E-state index contributed by atoms with van der Waals surface area (Å²) in [5.41, 5.74) is 4.97. The van der Waals surface area contributed by atoms with E-state index < -0.39 is 0 Å². The van der Waals surface area contributed by atoms with Gasteiger partial charge in [0.25, 0.3) is 0 Å². The first-order valence-electron chi connectivity index (χ1n) is 8.94. The van der Waals surface area contributed by atoms with Crippen LogP contribution in [0.5, 0.6) is 0 Å². The second kappa shape index (κ2) is 6.28. The fraction of sp³-hybridized carbons (Fsp3) is 0.182. The minimum atomic E-state index is -0.188. The molecule has 3 heterocycles. The molecule has 0 saturated carbocycles. The summed E-state index contributed by atoms with van der Waals surface area (Å²) in [7, 11) is 2.03. The Balaban J connectivity index is 1.64. The Labute approximate surface area is 156 Å². The van der Waals surface area contributed by atoms with Gasteiger partial charge in [-0.2, -0.15) is 0 Å². The van der Waals surface area contributed by atoms with E-state index in [2.05, 4.69) is 27.0 Å². The van der Waals surface area contributed by atoms with E-state index in [1.807, 2.05) is 31.3 Å². The van der Waals surface area contributed by atoms with Crippen LogP contribution in [-0.4, -0.2) is 28.5 Å². The van der Waals surface area contributed by atoms with Crippen molar-refractivity contribution >= 4 is 11.0 Å². The number of likely N-dealkylation sites (N-methyl/N-ethyl adjacent to an activating group) is 1. The minimum Gasteiger partial charge on any atom is -0.464 e. The fourth-order valence-electron chi connectivity index (χ4n) is 4.00. The van der Waals surface area contributed by atoms with Crippen molar-refractivity contribution in [1.29, 1.82) is 0 Å². The largest absolute Gasteiger partial charge is 0.464 e. The van der Waals surface area contributed by atoms with E-state index >= 15 is 4.39 Å². The van der Waals surface area contributed by atoms with Crippen molar-refractivity contribution in [3.05, 3.63) is 83.8 Å². The van der Waals surface area contributed by atoms with Crippen LogP contribution >= 0.6 is 0 Å². The van der Waals surface area contributed by atoms with Gasteiger partial charge >= 0.3 is 0 Å². The van der Waals surface area contributed by atoms with Gasteiger partial charge in [0.2, 0.25) is 0 Å². The molecule has 4 aromatic rings. The summed E-state index contributed by atoms with van der Waals surface area (Å²) >= 11 is 0. The number of fused-ring (bicyclic) bond motifs is 2. The maximum atomic E-state index is 15.4. The molecule has 2 aromatic carbocycles. The third kappa shape index (κ3) is 2.71. The van der Waals surface area contributed by atoms with Gasteiger partial charge in [0.1, 0.15) is 17.7 Å². The van der Waals surface area contributed by atoms with Crippen LogP contribution < -0.4 is 0 Å². The van der Waals surface area contributed by atoms with Crippen LogP contribution in [0.15, 0.2) is 65.7 Å². The van der Waals surface area contributed by atoms with Crippen LogP contribution in [0.1, 0.15) is 22.6 Å². The molecule has 5 rings (SSSR count). The van der Waals surface area contributed by atoms with Gasteiger partial charge in [0.05, 0.1) is 12.0 Å². The zero-order chi connectivity index (χ0) is 18.4. The van der Waals surface area contributed by atoms with E-state index in [0.717, 1.165) is 28.6 Å². The Morgan fingerprint density at radius 1 is 1.15 bits per heavy atom. The maximum absolute atomic E-state index is 15.4. The molecule has 0 spiro atoms. The molecule has 0 N–H and O–H groups in total. The Morgan fingerprint density at radius 2 is 2.07 bits per heavy atom. The van der Waals surface area contributed by atoms with E-state index in [0.29, 0.717) is 17.8 Å². The number of halogens is 1. The summed E-state index contributed by atoms with van der Waals surface area (Å²) in [6, 6.07) is 13.8. The summed E-state index contributed by atoms with van der Waals surface area (Å²) in [6.45, 7) is 1.44. The van der Waals surface area contributed by atoms with Crippen molar-refractivity contribution < 1.29 is 8.81 Å². The monoisotopic (exact) mass is 359 g/mol. The highest BCUT2D eigenvalue weighted by Gasteiger charge is 2.28. The second-order valence-electron chi connectivity index (χ2n) is 7.06. The second-order valence-corrected chi connectivity index (χ2v) is 7.06. The third-order valence-corrected chi connectivity index (χ3v) is 5.31. The Hall–Kier alpha value is -3.05. The van der Waals surface area contributed by atoms with Crippen LogP contribution in [0.25, 0.3) is 22.2 Å². The van der Waals surface area contributed by atoms with Crippen molar-refractivity contribution in [2.24, 2.45) is 0 Å². The van der Waals surface area contributed by atoms with E-state index in [-0.39, 0.29) is 11.7 Å². The average Bonchev–Trinajstić information content (AvgIpc) is 3.17. The van der Waals surface area contributed by atoms with E-state index in [1.165, 1.54) is 11.9 Å². The third-order valence-electron chi connectivity index (χ3n) is 5.31. The fourth-order valence-corrected chi connectivity index (χ4v) is 4.00. The number of hydrogen-bond donors (Lipinski definition) is 0. The van der Waals surface area contributed by atoms with Crippen LogP contribution in [0.4, 0.5) is 4.39 Å². The zero-order valence-corrected chi connectivity index (χ0v) is 14.9. The predicted octanol–water partition coefficient (Wildman–Crippen LogP) is 4.61. The normalized spacial score (nSPS) is 17.2. The van der Waals surface area contributed by atoms with Crippen molar-refractivity contribution in [3.8, 4) is 11.3 Å². The molecule has 0 fully saturated rings. The number of nitrogens with zero attached hydrogens (tertiary/aromatic N) is 3. The molecular weight excluding hydrogens is 341 g/mol. The summed E-state index contributed by atoms with van der Waals surface area (Å²) in [6.07, 6.45) is 4.78. The van der Waals surface area contributed by atoms with Crippen molar-refractivity contribution in [1.82, 2.24) is 14.9 Å². The number of aromatic nitrogens is 2. The standard InChI is InChI=1S/C22H18FN3O/c1-26-11-18(14-2-5-21-15(10-14)7-9-27-21)16-3-4-17(22(23)19(16)12-26)20-6-8-24-13-25-20/h2-10,13,18H,11-12H2,1H3. The van der Waals surface area contributed by atoms with Crippen molar-refractivity contribution in [3.63, 3.8) is 0 Å². The van der Waals surface area contributed by atoms with Crippen LogP contribution in [0.2, 0.25) is 0 Å². The Kier molecular flexibility index (Phi) is 3.76. The molecule has 1 unspecified atom stereocenters. The number of furan rings is 1. The molecule has 1 atom stereocenters. The summed E-state index contributed by atoms with van der Waals surface area (Å²) < 4.78 is 20.9. The molecule has 1 aliphatic heterocycles. The van der Waals surface area contributed by atoms with Gasteiger partial charge < -0.3 is 9.32 Å². The molecule has 0 radical (unpaired) electrons. The van der Waals surface area contributed by atoms with Gasteiger partial charge in [-0.3, -0.25) is 0 Å². The predicted molar refractivity (Wildman–Crippen MR) is 102 cm³/mol. The van der Waals surface area contributed by atoms with Crippen LogP contribution in [0.3, 0.4) is 0 Å².